The Kier molecular flexibility index (Phi) is 5.08. The van der Waals surface area contributed by atoms with E-state index in [2.05, 4.69) is 5.32 Å². The van der Waals surface area contributed by atoms with Crippen molar-refractivity contribution in [3.05, 3.63) is 29.3 Å². The molecular weight excluding hydrogens is 264 g/mol. The lowest BCUT2D eigenvalue weighted by molar-refractivity contribution is 0.0948. The van der Waals surface area contributed by atoms with Crippen LogP contribution in [-0.2, 0) is 16.4 Å². The smallest absolute Gasteiger partial charge is 0.251 e. The predicted octanol–water partition coefficient (Wildman–Crippen LogP) is 1.28. The molecule has 0 saturated carbocycles. The van der Waals surface area contributed by atoms with Crippen LogP contribution in [0.25, 0.3) is 0 Å². The molecule has 5 nitrogen and oxygen atoms in total. The molecule has 0 aliphatic carbocycles. The van der Waals surface area contributed by atoms with Gasteiger partial charge in [0.1, 0.15) is 0 Å². The molecule has 0 aliphatic rings. The van der Waals surface area contributed by atoms with E-state index in [1.165, 1.54) is 12.1 Å². The van der Waals surface area contributed by atoms with Crippen LogP contribution in [-0.4, -0.2) is 20.9 Å². The first-order valence-electron chi connectivity index (χ1n) is 6.19. The molecule has 106 valence electrons. The molecule has 0 radical (unpaired) electrons. The first kappa shape index (κ1) is 15.7. The van der Waals surface area contributed by atoms with Gasteiger partial charge >= 0.3 is 0 Å². The Bertz CT molecular complexity index is 565. The fourth-order valence-electron chi connectivity index (χ4n) is 1.64. The number of primary sulfonamides is 1. The van der Waals surface area contributed by atoms with Crippen LogP contribution in [0.15, 0.2) is 23.1 Å². The van der Waals surface area contributed by atoms with Gasteiger partial charge in [0, 0.05) is 12.1 Å². The molecule has 1 rings (SSSR count). The van der Waals surface area contributed by atoms with Gasteiger partial charge in [0.15, 0.2) is 0 Å². The zero-order valence-corrected chi connectivity index (χ0v) is 12.3. The number of sulfonamides is 1. The summed E-state index contributed by atoms with van der Waals surface area (Å²) >= 11 is 0. The van der Waals surface area contributed by atoms with E-state index >= 15 is 0 Å². The third kappa shape index (κ3) is 4.33. The Labute approximate surface area is 114 Å². The Morgan fingerprint density at radius 1 is 1.37 bits per heavy atom. The molecule has 0 atom stereocenters. The van der Waals surface area contributed by atoms with E-state index in [1.54, 1.807) is 6.07 Å². The van der Waals surface area contributed by atoms with Crippen LogP contribution in [0.2, 0.25) is 0 Å². The highest BCUT2D eigenvalue weighted by molar-refractivity contribution is 7.89. The van der Waals surface area contributed by atoms with Gasteiger partial charge in [-0.25, -0.2) is 13.6 Å². The predicted molar refractivity (Wildman–Crippen MR) is 74.4 cm³/mol. The zero-order valence-electron chi connectivity index (χ0n) is 11.4. The van der Waals surface area contributed by atoms with Gasteiger partial charge < -0.3 is 5.32 Å². The van der Waals surface area contributed by atoms with Crippen LogP contribution in [0.1, 0.15) is 36.7 Å². The number of carbonyl (C=O) groups excluding carboxylic acids is 1. The molecule has 19 heavy (non-hydrogen) atoms. The van der Waals surface area contributed by atoms with Crippen molar-refractivity contribution in [1.82, 2.24) is 5.32 Å². The van der Waals surface area contributed by atoms with Crippen molar-refractivity contribution in [2.75, 3.05) is 6.54 Å². The lowest BCUT2D eigenvalue weighted by atomic mass is 10.0. The molecular formula is C13H20N2O3S. The normalized spacial score (nSPS) is 11.6. The largest absolute Gasteiger partial charge is 0.352 e. The number of aryl methyl sites for hydroxylation is 1. The van der Waals surface area contributed by atoms with E-state index in [4.69, 9.17) is 5.14 Å². The topological polar surface area (TPSA) is 89.3 Å². The molecule has 0 aliphatic heterocycles. The Hall–Kier alpha value is -1.40. The highest BCUT2D eigenvalue weighted by Crippen LogP contribution is 2.16. The summed E-state index contributed by atoms with van der Waals surface area (Å²) in [6.45, 7) is 6.43. The second kappa shape index (κ2) is 6.16. The van der Waals surface area contributed by atoms with Gasteiger partial charge in [-0.05, 0) is 30.0 Å². The maximum absolute atomic E-state index is 12.1. The lowest BCUT2D eigenvalue weighted by Gasteiger charge is -2.11. The molecule has 0 bridgehead atoms. The minimum Gasteiger partial charge on any atom is -0.352 e. The van der Waals surface area contributed by atoms with Crippen molar-refractivity contribution in [3.8, 4) is 0 Å². The quantitative estimate of drug-likeness (QED) is 0.853. The van der Waals surface area contributed by atoms with Crippen molar-refractivity contribution in [3.63, 3.8) is 0 Å². The van der Waals surface area contributed by atoms with Gasteiger partial charge in [-0.1, -0.05) is 26.8 Å². The molecule has 6 heteroatoms. The number of nitrogens with two attached hydrogens (primary N) is 1. The second-order valence-electron chi connectivity index (χ2n) is 4.82. The van der Waals surface area contributed by atoms with E-state index in [1.807, 2.05) is 20.8 Å². The monoisotopic (exact) mass is 284 g/mol. The summed E-state index contributed by atoms with van der Waals surface area (Å²) in [7, 11) is -3.80. The molecule has 0 unspecified atom stereocenters. The van der Waals surface area contributed by atoms with Gasteiger partial charge in [0.25, 0.3) is 5.91 Å². The number of hydrogen-bond acceptors (Lipinski definition) is 3. The number of benzene rings is 1. The molecule has 1 aromatic carbocycles. The number of carbonyl (C=O) groups is 1. The van der Waals surface area contributed by atoms with Crippen molar-refractivity contribution in [2.45, 2.75) is 32.1 Å². The summed E-state index contributed by atoms with van der Waals surface area (Å²) in [6.07, 6.45) is 0.648. The molecule has 3 N–H and O–H groups in total. The maximum Gasteiger partial charge on any atom is 0.251 e. The Morgan fingerprint density at radius 3 is 2.47 bits per heavy atom. The van der Waals surface area contributed by atoms with Gasteiger partial charge in [-0.15, -0.1) is 0 Å². The first-order chi connectivity index (χ1) is 8.75. The highest BCUT2D eigenvalue weighted by atomic mass is 32.2. The highest BCUT2D eigenvalue weighted by Gasteiger charge is 2.15. The molecule has 0 spiro atoms. The third-order valence-electron chi connectivity index (χ3n) is 2.71. The SMILES string of the molecule is CCc1ccc(S(N)(=O)=O)cc1C(=O)NCC(C)C. The number of amides is 1. The summed E-state index contributed by atoms with van der Waals surface area (Å²) in [5.74, 6) is 0.0616. The number of rotatable bonds is 5. The van der Waals surface area contributed by atoms with Gasteiger partial charge in [0.2, 0.25) is 10.0 Å². The fourth-order valence-corrected chi connectivity index (χ4v) is 2.18. The van der Waals surface area contributed by atoms with E-state index in [-0.39, 0.29) is 10.8 Å². The summed E-state index contributed by atoms with van der Waals surface area (Å²) in [6, 6.07) is 4.39. The van der Waals surface area contributed by atoms with Gasteiger partial charge in [0.05, 0.1) is 4.90 Å². The van der Waals surface area contributed by atoms with Crippen LogP contribution < -0.4 is 10.5 Å². The Balaban J connectivity index is 3.13. The average molecular weight is 284 g/mol. The van der Waals surface area contributed by atoms with Crippen LogP contribution in [0.5, 0.6) is 0 Å². The van der Waals surface area contributed by atoms with Crippen LogP contribution in [0.4, 0.5) is 0 Å². The van der Waals surface area contributed by atoms with E-state index < -0.39 is 10.0 Å². The molecule has 1 aromatic rings. The molecule has 0 fully saturated rings. The summed E-state index contributed by atoms with van der Waals surface area (Å²) < 4.78 is 22.6. The van der Waals surface area contributed by atoms with E-state index in [0.717, 1.165) is 5.56 Å². The molecule has 0 heterocycles. The van der Waals surface area contributed by atoms with E-state index in [9.17, 15) is 13.2 Å². The molecule has 0 saturated heterocycles. The molecule has 0 aromatic heterocycles. The van der Waals surface area contributed by atoms with E-state index in [0.29, 0.717) is 24.4 Å². The minimum absolute atomic E-state index is 0.0422. The van der Waals surface area contributed by atoms with Crippen molar-refractivity contribution in [1.29, 1.82) is 0 Å². The van der Waals surface area contributed by atoms with Gasteiger partial charge in [-0.2, -0.15) is 0 Å². The van der Waals surface area contributed by atoms with Crippen molar-refractivity contribution in [2.24, 2.45) is 11.1 Å². The second-order valence-corrected chi connectivity index (χ2v) is 6.38. The standard InChI is InChI=1S/C13H20N2O3S/c1-4-10-5-6-11(19(14,17)18)7-12(10)13(16)15-8-9(2)3/h5-7,9H,4,8H2,1-3H3,(H,15,16)(H2,14,17,18). The minimum atomic E-state index is -3.80. The summed E-state index contributed by atoms with van der Waals surface area (Å²) in [5, 5.41) is 7.86. The Morgan fingerprint density at radius 2 is 2.00 bits per heavy atom. The first-order valence-corrected chi connectivity index (χ1v) is 7.74. The van der Waals surface area contributed by atoms with Crippen molar-refractivity contribution < 1.29 is 13.2 Å². The van der Waals surface area contributed by atoms with Crippen LogP contribution >= 0.6 is 0 Å². The molecule has 1 amide bonds. The zero-order chi connectivity index (χ0) is 14.6. The van der Waals surface area contributed by atoms with Gasteiger partial charge in [-0.3, -0.25) is 4.79 Å². The maximum atomic E-state index is 12.1. The number of hydrogen-bond donors (Lipinski definition) is 2. The van der Waals surface area contributed by atoms with Crippen LogP contribution in [0.3, 0.4) is 0 Å². The summed E-state index contributed by atoms with van der Waals surface area (Å²) in [4.78, 5) is 12.0. The number of nitrogens with one attached hydrogen (secondary N) is 1. The third-order valence-corrected chi connectivity index (χ3v) is 3.62. The van der Waals surface area contributed by atoms with Crippen molar-refractivity contribution >= 4 is 15.9 Å². The average Bonchev–Trinajstić information content (AvgIpc) is 2.33. The van der Waals surface area contributed by atoms with Crippen LogP contribution in [0, 0.1) is 5.92 Å². The fraction of sp³-hybridized carbons (Fsp3) is 0.462. The summed E-state index contributed by atoms with van der Waals surface area (Å²) in [5.41, 5.74) is 1.17. The lowest BCUT2D eigenvalue weighted by Crippen LogP contribution is -2.28.